The number of rotatable bonds is 5. The van der Waals surface area contributed by atoms with E-state index in [1.54, 1.807) is 0 Å². The minimum atomic E-state index is -1.08. The number of nitrogens with one attached hydrogen (secondary N) is 1. The van der Waals surface area contributed by atoms with Crippen molar-refractivity contribution < 1.29 is 9.18 Å². The van der Waals surface area contributed by atoms with Gasteiger partial charge in [0.25, 0.3) is 0 Å². The molecule has 0 radical (unpaired) electrons. The molecule has 2 heterocycles. The smallest absolute Gasteiger partial charge is 0.237 e. The quantitative estimate of drug-likeness (QED) is 0.799. The molecule has 1 amide bonds. The second-order valence-corrected chi connectivity index (χ2v) is 9.53. The highest BCUT2D eigenvalue weighted by atomic mass is 19.1. The van der Waals surface area contributed by atoms with Crippen LogP contribution in [0.5, 0.6) is 0 Å². The molecule has 3 aliphatic rings. The van der Waals surface area contributed by atoms with Crippen LogP contribution in [0.3, 0.4) is 0 Å². The Labute approximate surface area is 163 Å². The highest BCUT2D eigenvalue weighted by Gasteiger charge is 2.51. The number of halogens is 1. The zero-order valence-electron chi connectivity index (χ0n) is 17.1. The van der Waals surface area contributed by atoms with Crippen molar-refractivity contribution in [1.29, 1.82) is 5.26 Å². The first-order chi connectivity index (χ1) is 12.8. The fraction of sp³-hybridized carbons (Fsp3) is 0.905. The molecule has 4 atom stereocenters. The first kappa shape index (κ1) is 20.5. The monoisotopic (exact) mass is 378 g/mol. The van der Waals surface area contributed by atoms with Gasteiger partial charge in [0, 0.05) is 18.5 Å². The molecule has 27 heavy (non-hydrogen) atoms. The van der Waals surface area contributed by atoms with E-state index in [9.17, 15) is 14.4 Å². The summed E-state index contributed by atoms with van der Waals surface area (Å²) in [4.78, 5) is 16.6. The van der Waals surface area contributed by atoms with E-state index in [-0.39, 0.29) is 36.4 Å². The summed E-state index contributed by atoms with van der Waals surface area (Å²) in [6, 6.07) is 1.44. The summed E-state index contributed by atoms with van der Waals surface area (Å²) in [6.45, 7) is 10.7. The van der Waals surface area contributed by atoms with Gasteiger partial charge in [-0.1, -0.05) is 20.3 Å². The molecule has 0 unspecified atom stereocenters. The molecule has 6 heteroatoms. The molecule has 0 spiro atoms. The first-order valence-electron chi connectivity index (χ1n) is 10.6. The van der Waals surface area contributed by atoms with Gasteiger partial charge in [-0.2, -0.15) is 5.26 Å². The molecule has 1 saturated carbocycles. The number of hydrogen-bond acceptors (Lipinski definition) is 4. The molecule has 3 fully saturated rings. The van der Waals surface area contributed by atoms with Crippen molar-refractivity contribution in [2.45, 2.75) is 77.0 Å². The Kier molecular flexibility index (Phi) is 6.12. The predicted molar refractivity (Wildman–Crippen MR) is 104 cm³/mol. The second kappa shape index (κ2) is 8.05. The number of nitriles is 1. The SMILES string of the molecule is CC1(C)[C@@H](CN2CCCCC2)CC[C@@]1(C)NCC(=O)N1C[C@@H](F)C[C@H]1C#N. The molecular weight excluding hydrogens is 343 g/mol. The van der Waals surface area contributed by atoms with Crippen molar-refractivity contribution in [1.82, 2.24) is 15.1 Å². The van der Waals surface area contributed by atoms with Gasteiger partial charge in [0.05, 0.1) is 19.2 Å². The Hall–Kier alpha value is -1.19. The van der Waals surface area contributed by atoms with Crippen molar-refractivity contribution in [2.24, 2.45) is 11.3 Å². The minimum absolute atomic E-state index is 0.0520. The van der Waals surface area contributed by atoms with E-state index in [0.717, 1.165) is 19.4 Å². The molecule has 3 rings (SSSR count). The fourth-order valence-electron chi connectivity index (χ4n) is 5.24. The Balaban J connectivity index is 1.57. The number of amides is 1. The molecule has 5 nitrogen and oxygen atoms in total. The van der Waals surface area contributed by atoms with Gasteiger partial charge in [0.2, 0.25) is 5.91 Å². The normalized spacial score (nSPS) is 36.7. The number of carbonyl (C=O) groups excluding carboxylic acids is 1. The summed E-state index contributed by atoms with van der Waals surface area (Å²) in [5.41, 5.74) is -0.0485. The summed E-state index contributed by atoms with van der Waals surface area (Å²) < 4.78 is 13.6. The Morgan fingerprint density at radius 2 is 1.96 bits per heavy atom. The molecule has 1 N–H and O–H groups in total. The number of carbonyl (C=O) groups is 1. The van der Waals surface area contributed by atoms with Crippen LogP contribution in [0.15, 0.2) is 0 Å². The Bertz CT molecular complexity index is 583. The maximum absolute atomic E-state index is 13.6. The van der Waals surface area contributed by atoms with Crippen LogP contribution in [-0.4, -0.2) is 66.2 Å². The van der Waals surface area contributed by atoms with Crippen molar-refractivity contribution in [3.05, 3.63) is 0 Å². The number of hydrogen-bond donors (Lipinski definition) is 1. The van der Waals surface area contributed by atoms with Crippen LogP contribution in [0.4, 0.5) is 4.39 Å². The lowest BCUT2D eigenvalue weighted by molar-refractivity contribution is -0.131. The third kappa shape index (κ3) is 4.14. The summed E-state index contributed by atoms with van der Waals surface area (Å²) in [5, 5.41) is 12.7. The summed E-state index contributed by atoms with van der Waals surface area (Å²) in [5.74, 6) is 0.454. The van der Waals surface area contributed by atoms with Crippen molar-refractivity contribution in [3.8, 4) is 6.07 Å². The number of likely N-dealkylation sites (tertiary alicyclic amines) is 2. The molecule has 0 aromatic rings. The van der Waals surface area contributed by atoms with Crippen LogP contribution in [0, 0.1) is 22.7 Å². The molecule has 152 valence electrons. The Morgan fingerprint density at radius 3 is 2.63 bits per heavy atom. The predicted octanol–water partition coefficient (Wildman–Crippen LogP) is 2.72. The maximum atomic E-state index is 13.6. The molecule has 2 aliphatic heterocycles. The van der Waals surface area contributed by atoms with E-state index in [2.05, 4.69) is 37.1 Å². The van der Waals surface area contributed by atoms with Crippen LogP contribution < -0.4 is 5.32 Å². The largest absolute Gasteiger partial charge is 0.323 e. The Morgan fingerprint density at radius 1 is 1.26 bits per heavy atom. The topological polar surface area (TPSA) is 59.4 Å². The zero-order chi connectivity index (χ0) is 19.7. The lowest BCUT2D eigenvalue weighted by Gasteiger charge is -2.44. The molecule has 2 saturated heterocycles. The molecule has 1 aliphatic carbocycles. The maximum Gasteiger partial charge on any atom is 0.237 e. The molecular formula is C21H35FN4O. The highest BCUT2D eigenvalue weighted by Crippen LogP contribution is 2.50. The fourth-order valence-corrected chi connectivity index (χ4v) is 5.24. The van der Waals surface area contributed by atoms with Crippen molar-refractivity contribution in [2.75, 3.05) is 32.7 Å². The van der Waals surface area contributed by atoms with E-state index in [0.29, 0.717) is 5.92 Å². The second-order valence-electron chi connectivity index (χ2n) is 9.53. The standard InChI is InChI=1S/C21H35FN4O/c1-20(2)16(14-25-9-5-4-6-10-25)7-8-21(20,3)24-13-19(27)26-15-17(22)11-18(26)12-23/h16-18,24H,4-11,13-15H2,1-3H3/t16-,17+,18+,21-/m1/s1. The van der Waals surface area contributed by atoms with Crippen molar-refractivity contribution >= 4 is 5.91 Å². The minimum Gasteiger partial charge on any atom is -0.323 e. The van der Waals surface area contributed by atoms with E-state index in [1.807, 2.05) is 0 Å². The van der Waals surface area contributed by atoms with Crippen LogP contribution in [0.25, 0.3) is 0 Å². The molecule has 0 bridgehead atoms. The van der Waals surface area contributed by atoms with E-state index >= 15 is 0 Å². The van der Waals surface area contributed by atoms with Gasteiger partial charge in [-0.15, -0.1) is 0 Å². The average molecular weight is 379 g/mol. The first-order valence-corrected chi connectivity index (χ1v) is 10.6. The van der Waals surface area contributed by atoms with Gasteiger partial charge in [-0.3, -0.25) is 4.79 Å². The van der Waals surface area contributed by atoms with Crippen LogP contribution in [0.2, 0.25) is 0 Å². The number of piperidine rings is 1. The summed E-state index contributed by atoms with van der Waals surface area (Å²) >= 11 is 0. The molecule has 0 aromatic heterocycles. The van der Waals surface area contributed by atoms with Gasteiger partial charge in [0.1, 0.15) is 12.2 Å². The van der Waals surface area contributed by atoms with E-state index in [4.69, 9.17) is 0 Å². The van der Waals surface area contributed by atoms with Crippen LogP contribution in [0.1, 0.15) is 59.3 Å². The lowest BCUT2D eigenvalue weighted by atomic mass is 9.71. The third-order valence-corrected chi connectivity index (χ3v) is 7.71. The van der Waals surface area contributed by atoms with Gasteiger partial charge in [-0.05, 0) is 57.0 Å². The third-order valence-electron chi connectivity index (χ3n) is 7.71. The number of nitrogens with zero attached hydrogens (tertiary/aromatic N) is 3. The van der Waals surface area contributed by atoms with E-state index < -0.39 is 12.2 Å². The van der Waals surface area contributed by atoms with Crippen LogP contribution >= 0.6 is 0 Å². The zero-order valence-corrected chi connectivity index (χ0v) is 17.1. The van der Waals surface area contributed by atoms with Gasteiger partial charge in [0.15, 0.2) is 0 Å². The summed E-state index contributed by atoms with van der Waals surface area (Å²) in [6.07, 6.45) is 5.24. The highest BCUT2D eigenvalue weighted by molar-refractivity contribution is 5.79. The lowest BCUT2D eigenvalue weighted by Crippen LogP contribution is -2.56. The van der Waals surface area contributed by atoms with E-state index in [1.165, 1.54) is 37.3 Å². The number of alkyl halides is 1. The van der Waals surface area contributed by atoms with Crippen LogP contribution in [-0.2, 0) is 4.79 Å². The van der Waals surface area contributed by atoms with Gasteiger partial charge >= 0.3 is 0 Å². The van der Waals surface area contributed by atoms with Gasteiger partial charge in [-0.25, -0.2) is 4.39 Å². The summed E-state index contributed by atoms with van der Waals surface area (Å²) in [7, 11) is 0. The molecule has 0 aromatic carbocycles. The van der Waals surface area contributed by atoms with Crippen molar-refractivity contribution in [3.63, 3.8) is 0 Å². The average Bonchev–Trinajstić information content (AvgIpc) is 3.13. The van der Waals surface area contributed by atoms with Gasteiger partial charge < -0.3 is 15.1 Å².